The zero-order chi connectivity index (χ0) is 43.7. The minimum absolute atomic E-state index is 0.0283. The number of rotatable bonds is 50. The highest BCUT2D eigenvalue weighted by Gasteiger charge is 2.18. The van der Waals surface area contributed by atoms with Gasteiger partial charge in [0.25, 0.3) is 0 Å². The smallest absolute Gasteiger partial charge is 0.316 e. The van der Waals surface area contributed by atoms with Crippen molar-refractivity contribution in [1.29, 1.82) is 0 Å². The zero-order valence-corrected chi connectivity index (χ0v) is 42.4. The van der Waals surface area contributed by atoms with E-state index in [9.17, 15) is 14.4 Å². The highest BCUT2D eigenvalue weighted by molar-refractivity contribution is 8.00. The van der Waals surface area contributed by atoms with E-state index >= 15 is 0 Å². The van der Waals surface area contributed by atoms with Gasteiger partial charge in [0.15, 0.2) is 6.10 Å². The van der Waals surface area contributed by atoms with E-state index in [4.69, 9.17) is 9.47 Å². The Morgan fingerprint density at radius 1 is 0.383 bits per heavy atom. The molecule has 356 valence electrons. The Morgan fingerprint density at radius 2 is 0.667 bits per heavy atom. The second kappa shape index (κ2) is 51.1. The predicted octanol–water partition coefficient (Wildman–Crippen LogP) is 15.9. The SMILES string of the molecule is CCCCCCCCCCCCCCSCC(=O)NCC(COC(=O)CSCCCCCCCCCCCCCC)OC(=O)CSCCCCCCCCCCCCCC. The summed E-state index contributed by atoms with van der Waals surface area (Å²) < 4.78 is 11.3. The number of esters is 2. The molecule has 1 N–H and O–H groups in total. The molecule has 0 heterocycles. The van der Waals surface area contributed by atoms with Crippen molar-refractivity contribution in [3.05, 3.63) is 0 Å². The van der Waals surface area contributed by atoms with E-state index < -0.39 is 6.10 Å². The fourth-order valence-electron chi connectivity index (χ4n) is 7.47. The molecule has 0 saturated heterocycles. The first-order chi connectivity index (χ1) is 29.5. The van der Waals surface area contributed by atoms with Crippen LogP contribution >= 0.6 is 35.3 Å². The molecule has 0 bridgehead atoms. The molecule has 0 fully saturated rings. The van der Waals surface area contributed by atoms with Crippen molar-refractivity contribution < 1.29 is 23.9 Å². The number of hydrogen-bond donors (Lipinski definition) is 1. The average Bonchev–Trinajstić information content (AvgIpc) is 3.24. The molecule has 0 rings (SSSR count). The molecule has 0 spiro atoms. The minimum Gasteiger partial charge on any atom is -0.461 e. The third-order valence-corrected chi connectivity index (χ3v) is 14.4. The van der Waals surface area contributed by atoms with Crippen LogP contribution in [0.4, 0.5) is 0 Å². The van der Waals surface area contributed by atoms with Gasteiger partial charge in [-0.05, 0) is 36.5 Å². The molecule has 0 aromatic heterocycles. The van der Waals surface area contributed by atoms with Gasteiger partial charge in [-0.25, -0.2) is 0 Å². The summed E-state index contributed by atoms with van der Waals surface area (Å²) >= 11 is 4.89. The second-order valence-corrected chi connectivity index (χ2v) is 20.7. The monoisotopic (exact) mass is 902 g/mol. The Morgan fingerprint density at radius 3 is 1.00 bits per heavy atom. The van der Waals surface area contributed by atoms with Gasteiger partial charge in [-0.3, -0.25) is 14.4 Å². The van der Waals surface area contributed by atoms with Crippen molar-refractivity contribution in [2.24, 2.45) is 0 Å². The summed E-state index contributed by atoms with van der Waals surface area (Å²) in [7, 11) is 0. The molecule has 60 heavy (non-hydrogen) atoms. The van der Waals surface area contributed by atoms with Gasteiger partial charge in [0, 0.05) is 0 Å². The third-order valence-electron chi connectivity index (χ3n) is 11.4. The molecule has 6 nitrogen and oxygen atoms in total. The van der Waals surface area contributed by atoms with Gasteiger partial charge < -0.3 is 14.8 Å². The van der Waals surface area contributed by atoms with E-state index in [1.54, 1.807) is 35.3 Å². The summed E-state index contributed by atoms with van der Waals surface area (Å²) in [5.74, 6) is 3.19. The molecule has 0 aromatic rings. The number of amides is 1. The lowest BCUT2D eigenvalue weighted by molar-refractivity contribution is -0.155. The Labute approximate surface area is 386 Å². The van der Waals surface area contributed by atoms with E-state index in [1.807, 2.05) is 0 Å². The van der Waals surface area contributed by atoms with Gasteiger partial charge in [0.2, 0.25) is 5.91 Å². The molecule has 1 unspecified atom stereocenters. The van der Waals surface area contributed by atoms with Crippen LogP contribution in [0.1, 0.15) is 252 Å². The molecule has 0 aliphatic heterocycles. The Balaban J connectivity index is 4.30. The normalized spacial score (nSPS) is 11.8. The summed E-state index contributed by atoms with van der Waals surface area (Å²) in [6, 6.07) is 0. The van der Waals surface area contributed by atoms with Gasteiger partial charge in [-0.1, -0.05) is 233 Å². The van der Waals surface area contributed by atoms with Gasteiger partial charge in [-0.15, -0.1) is 0 Å². The first-order valence-electron chi connectivity index (χ1n) is 25.9. The molecule has 9 heteroatoms. The van der Waals surface area contributed by atoms with E-state index in [0.29, 0.717) is 11.5 Å². The number of nitrogens with one attached hydrogen (secondary N) is 1. The summed E-state index contributed by atoms with van der Waals surface area (Å²) in [4.78, 5) is 38.1. The van der Waals surface area contributed by atoms with Gasteiger partial charge in [0.1, 0.15) is 6.61 Å². The molecule has 0 aliphatic carbocycles. The van der Waals surface area contributed by atoms with E-state index in [2.05, 4.69) is 26.1 Å². The Kier molecular flexibility index (Phi) is 50.6. The van der Waals surface area contributed by atoms with Gasteiger partial charge in [-0.2, -0.15) is 35.3 Å². The van der Waals surface area contributed by atoms with Crippen LogP contribution in [0.3, 0.4) is 0 Å². The highest BCUT2D eigenvalue weighted by Crippen LogP contribution is 2.17. The standard InChI is InChI=1S/C51H99NO5S3/c1-4-7-10-13-16-19-22-25-28-31-34-37-40-58-45-49(53)52-43-48(57-51(55)47-60-42-39-36-33-30-27-24-21-18-15-12-9-6-3)44-56-50(54)46-59-41-38-35-32-29-26-23-20-17-14-11-8-5-2/h48H,4-47H2,1-3H3,(H,52,53). The van der Waals surface area contributed by atoms with Crippen LogP contribution in [0.5, 0.6) is 0 Å². The number of thioether (sulfide) groups is 3. The lowest BCUT2D eigenvalue weighted by atomic mass is 10.1. The fraction of sp³-hybridized carbons (Fsp3) is 0.941. The van der Waals surface area contributed by atoms with E-state index in [0.717, 1.165) is 36.5 Å². The van der Waals surface area contributed by atoms with Crippen molar-refractivity contribution in [1.82, 2.24) is 5.32 Å². The maximum absolute atomic E-state index is 12.8. The summed E-state index contributed by atoms with van der Waals surface area (Å²) in [5, 5.41) is 2.94. The molecule has 0 aromatic carbocycles. The first kappa shape index (κ1) is 59.5. The number of unbranched alkanes of at least 4 members (excludes halogenated alkanes) is 33. The molecular weight excluding hydrogens is 803 g/mol. The van der Waals surface area contributed by atoms with Crippen LogP contribution in [0.2, 0.25) is 0 Å². The molecule has 1 amide bonds. The molecule has 0 radical (unpaired) electrons. The lowest BCUT2D eigenvalue weighted by Gasteiger charge is -2.18. The Bertz CT molecular complexity index is 862. The van der Waals surface area contributed by atoms with Gasteiger partial charge >= 0.3 is 11.9 Å². The fourth-order valence-corrected chi connectivity index (χ4v) is 9.90. The quantitative estimate of drug-likeness (QED) is 0.0478. The average molecular weight is 903 g/mol. The number of carbonyl (C=O) groups is 3. The zero-order valence-electron chi connectivity index (χ0n) is 40.0. The summed E-state index contributed by atoms with van der Waals surface area (Å²) in [6.45, 7) is 6.94. The van der Waals surface area contributed by atoms with Crippen molar-refractivity contribution in [2.45, 2.75) is 258 Å². The largest absolute Gasteiger partial charge is 0.461 e. The second-order valence-electron chi connectivity index (χ2n) is 17.4. The Hall–Kier alpha value is -0.540. The van der Waals surface area contributed by atoms with Crippen LogP contribution in [0.15, 0.2) is 0 Å². The highest BCUT2D eigenvalue weighted by atomic mass is 32.2. The molecular formula is C51H99NO5S3. The minimum atomic E-state index is -0.680. The van der Waals surface area contributed by atoms with Crippen LogP contribution < -0.4 is 5.32 Å². The predicted molar refractivity (Wildman–Crippen MR) is 269 cm³/mol. The maximum Gasteiger partial charge on any atom is 0.316 e. The first-order valence-corrected chi connectivity index (χ1v) is 29.3. The number of hydrogen-bond acceptors (Lipinski definition) is 8. The molecule has 1 atom stereocenters. The van der Waals surface area contributed by atoms with E-state index in [1.165, 1.54) is 212 Å². The van der Waals surface area contributed by atoms with Crippen molar-refractivity contribution in [3.63, 3.8) is 0 Å². The van der Waals surface area contributed by atoms with Crippen molar-refractivity contribution >= 4 is 53.1 Å². The van der Waals surface area contributed by atoms with Gasteiger partial charge in [0.05, 0.1) is 23.8 Å². The molecule has 0 saturated carbocycles. The molecule has 0 aliphatic rings. The van der Waals surface area contributed by atoms with Crippen LogP contribution in [0.25, 0.3) is 0 Å². The van der Waals surface area contributed by atoms with Crippen molar-refractivity contribution in [3.8, 4) is 0 Å². The lowest BCUT2D eigenvalue weighted by Crippen LogP contribution is -2.39. The van der Waals surface area contributed by atoms with Crippen LogP contribution in [-0.2, 0) is 23.9 Å². The number of carbonyl (C=O) groups excluding carboxylic acids is 3. The van der Waals surface area contributed by atoms with Crippen LogP contribution in [0, 0.1) is 0 Å². The summed E-state index contributed by atoms with van der Waals surface area (Å²) in [5.41, 5.74) is 0. The summed E-state index contributed by atoms with van der Waals surface area (Å²) in [6.07, 6.45) is 47.0. The van der Waals surface area contributed by atoms with Crippen LogP contribution in [-0.4, -0.2) is 71.6 Å². The van der Waals surface area contributed by atoms with E-state index in [-0.39, 0.29) is 36.8 Å². The third kappa shape index (κ3) is 48.5. The van der Waals surface area contributed by atoms with Crippen molar-refractivity contribution in [2.75, 3.05) is 47.7 Å². The topological polar surface area (TPSA) is 81.7 Å². The maximum atomic E-state index is 12.8. The number of ether oxygens (including phenoxy) is 2.